The minimum absolute atomic E-state index is 0.0447. The molecule has 0 aromatic heterocycles. The van der Waals surface area contributed by atoms with Gasteiger partial charge in [-0.1, -0.05) is 19.6 Å². The van der Waals surface area contributed by atoms with Gasteiger partial charge in [0.15, 0.2) is 0 Å². The highest BCUT2D eigenvalue weighted by Crippen LogP contribution is 2.12. The molecule has 1 heterocycles. The first-order chi connectivity index (χ1) is 8.31. The number of carbonyl (C=O) groups is 2. The lowest BCUT2D eigenvalue weighted by molar-refractivity contribution is -0.142. The second-order valence-corrected chi connectivity index (χ2v) is 11.7. The van der Waals surface area contributed by atoms with Crippen molar-refractivity contribution < 1.29 is 14.3 Å². The van der Waals surface area contributed by atoms with Gasteiger partial charge in [0.2, 0.25) is 5.91 Å². The highest BCUT2D eigenvalue weighted by molar-refractivity contribution is 6.76. The summed E-state index contributed by atoms with van der Waals surface area (Å²) in [5.74, 6) is -0.163. The van der Waals surface area contributed by atoms with Gasteiger partial charge in [-0.15, -0.1) is 0 Å². The molecule has 1 aliphatic heterocycles. The molecule has 0 unspecified atom stereocenters. The zero-order chi connectivity index (χ0) is 13.8. The summed E-state index contributed by atoms with van der Waals surface area (Å²) in [5.41, 5.74) is 0. The van der Waals surface area contributed by atoms with Crippen LogP contribution in [0.4, 0.5) is 0 Å². The van der Waals surface area contributed by atoms with Gasteiger partial charge < -0.3 is 15.4 Å². The van der Waals surface area contributed by atoms with Gasteiger partial charge >= 0.3 is 5.97 Å². The Balaban J connectivity index is 2.28. The van der Waals surface area contributed by atoms with E-state index in [0.717, 1.165) is 6.04 Å². The van der Waals surface area contributed by atoms with Crippen LogP contribution in [-0.4, -0.2) is 45.7 Å². The van der Waals surface area contributed by atoms with Crippen molar-refractivity contribution in [2.45, 2.75) is 50.6 Å². The fraction of sp³-hybridized carbons (Fsp3) is 0.833. The average Bonchev–Trinajstić information content (AvgIpc) is 2.73. The molecule has 1 aliphatic rings. The van der Waals surface area contributed by atoms with Gasteiger partial charge in [-0.25, -0.2) is 0 Å². The molecule has 6 heteroatoms. The van der Waals surface area contributed by atoms with Crippen LogP contribution in [0.15, 0.2) is 0 Å². The lowest BCUT2D eigenvalue weighted by Crippen LogP contribution is -2.37. The Kier molecular flexibility index (Phi) is 5.34. The third kappa shape index (κ3) is 5.18. The minimum Gasteiger partial charge on any atom is -0.468 e. The van der Waals surface area contributed by atoms with Crippen molar-refractivity contribution in [3.63, 3.8) is 0 Å². The van der Waals surface area contributed by atoms with Crippen molar-refractivity contribution in [3.05, 3.63) is 0 Å². The molecular formula is C12H24N2O3Si. The van der Waals surface area contributed by atoms with Gasteiger partial charge in [-0.3, -0.25) is 9.59 Å². The number of esters is 1. The van der Waals surface area contributed by atoms with Crippen LogP contribution in [0.2, 0.25) is 25.7 Å². The lowest BCUT2D eigenvalue weighted by Gasteiger charge is -2.16. The highest BCUT2D eigenvalue weighted by Gasteiger charge is 2.30. The smallest absolute Gasteiger partial charge is 0.322 e. The van der Waals surface area contributed by atoms with E-state index < -0.39 is 8.07 Å². The van der Waals surface area contributed by atoms with Crippen LogP contribution in [0.5, 0.6) is 0 Å². The number of nitrogens with one attached hydrogen (secondary N) is 2. The monoisotopic (exact) mass is 272 g/mol. The molecule has 0 aliphatic carbocycles. The van der Waals surface area contributed by atoms with E-state index in [0.29, 0.717) is 19.4 Å². The molecule has 2 atom stereocenters. The molecule has 5 nitrogen and oxygen atoms in total. The number of amides is 1. The predicted octanol–water partition coefficient (Wildman–Crippen LogP) is 0.734. The molecule has 0 bridgehead atoms. The number of rotatable bonds is 5. The van der Waals surface area contributed by atoms with Gasteiger partial charge in [0.1, 0.15) is 6.04 Å². The van der Waals surface area contributed by atoms with E-state index in [1.165, 1.54) is 7.11 Å². The normalized spacial score (nSPS) is 23.8. The fourth-order valence-corrected chi connectivity index (χ4v) is 2.93. The molecule has 0 aromatic rings. The largest absolute Gasteiger partial charge is 0.468 e. The van der Waals surface area contributed by atoms with Gasteiger partial charge in [-0.2, -0.15) is 0 Å². The Hall–Kier alpha value is -0.883. The molecule has 1 fully saturated rings. The topological polar surface area (TPSA) is 67.4 Å². The average molecular weight is 272 g/mol. The minimum atomic E-state index is -1.16. The summed E-state index contributed by atoms with van der Waals surface area (Å²) in [6.45, 7) is 7.40. The maximum absolute atomic E-state index is 11.8. The molecule has 0 saturated carbocycles. The molecule has 1 amide bonds. The first-order valence-corrected chi connectivity index (χ1v) is 10.1. The quantitative estimate of drug-likeness (QED) is 0.572. The summed E-state index contributed by atoms with van der Waals surface area (Å²) in [5, 5.41) is 6.03. The number of methoxy groups -OCH3 is 1. The van der Waals surface area contributed by atoms with E-state index in [-0.39, 0.29) is 24.0 Å². The van der Waals surface area contributed by atoms with E-state index in [9.17, 15) is 9.59 Å². The molecule has 0 spiro atoms. The van der Waals surface area contributed by atoms with Crippen LogP contribution in [0.25, 0.3) is 0 Å². The summed E-state index contributed by atoms with van der Waals surface area (Å²) in [6.07, 6.45) is 1.21. The molecular weight excluding hydrogens is 248 g/mol. The van der Waals surface area contributed by atoms with Crippen molar-refractivity contribution in [2.75, 3.05) is 13.7 Å². The maximum atomic E-state index is 11.8. The Bertz CT molecular complexity index is 315. The van der Waals surface area contributed by atoms with Crippen molar-refractivity contribution in [1.29, 1.82) is 0 Å². The van der Waals surface area contributed by atoms with E-state index in [2.05, 4.69) is 35.0 Å². The fourth-order valence-electron chi connectivity index (χ4n) is 1.96. The van der Waals surface area contributed by atoms with Crippen molar-refractivity contribution >= 4 is 20.0 Å². The van der Waals surface area contributed by atoms with E-state index in [4.69, 9.17) is 0 Å². The molecule has 0 aromatic carbocycles. The first-order valence-electron chi connectivity index (χ1n) is 6.42. The van der Waals surface area contributed by atoms with Crippen LogP contribution in [0.1, 0.15) is 12.8 Å². The molecule has 18 heavy (non-hydrogen) atoms. The Morgan fingerprint density at radius 2 is 2.06 bits per heavy atom. The third-order valence-corrected chi connectivity index (χ3v) is 4.83. The Labute approximate surface area is 110 Å². The molecule has 1 rings (SSSR count). The highest BCUT2D eigenvalue weighted by atomic mass is 28.3. The van der Waals surface area contributed by atoms with Gasteiger partial charge in [0, 0.05) is 27.1 Å². The van der Waals surface area contributed by atoms with Crippen LogP contribution in [0, 0.1) is 0 Å². The zero-order valence-corrected chi connectivity index (χ0v) is 12.7. The van der Waals surface area contributed by atoms with Crippen LogP contribution in [-0.2, 0) is 14.3 Å². The summed E-state index contributed by atoms with van der Waals surface area (Å²) >= 11 is 0. The summed E-state index contributed by atoms with van der Waals surface area (Å²) in [7, 11) is 0.215. The van der Waals surface area contributed by atoms with E-state index in [1.54, 1.807) is 0 Å². The van der Waals surface area contributed by atoms with Crippen molar-refractivity contribution in [2.24, 2.45) is 0 Å². The second kappa shape index (κ2) is 6.33. The summed E-state index contributed by atoms with van der Waals surface area (Å²) in [4.78, 5) is 23.1. The summed E-state index contributed by atoms with van der Waals surface area (Å²) in [6, 6.07) is 0.764. The SMILES string of the molecule is COC(=O)[C@@H]1C[C@@H](NC(=O)CC[Si](C)(C)C)CN1. The van der Waals surface area contributed by atoms with E-state index >= 15 is 0 Å². The predicted molar refractivity (Wildman–Crippen MR) is 73.1 cm³/mol. The van der Waals surface area contributed by atoms with Crippen molar-refractivity contribution in [3.8, 4) is 0 Å². The third-order valence-electron chi connectivity index (χ3n) is 3.08. The zero-order valence-electron chi connectivity index (χ0n) is 11.7. The van der Waals surface area contributed by atoms with Crippen LogP contribution < -0.4 is 10.6 Å². The molecule has 0 radical (unpaired) electrons. The first kappa shape index (κ1) is 15.2. The number of hydrogen-bond acceptors (Lipinski definition) is 4. The lowest BCUT2D eigenvalue weighted by atomic mass is 10.1. The van der Waals surface area contributed by atoms with E-state index in [1.807, 2.05) is 0 Å². The van der Waals surface area contributed by atoms with Crippen LogP contribution in [0.3, 0.4) is 0 Å². The Morgan fingerprint density at radius 3 is 2.61 bits per heavy atom. The molecule has 1 saturated heterocycles. The number of carbonyl (C=O) groups excluding carboxylic acids is 2. The second-order valence-electron chi connectivity index (χ2n) is 6.04. The molecule has 2 N–H and O–H groups in total. The maximum Gasteiger partial charge on any atom is 0.322 e. The Morgan fingerprint density at radius 1 is 1.39 bits per heavy atom. The van der Waals surface area contributed by atoms with Gasteiger partial charge in [0.05, 0.1) is 7.11 Å². The van der Waals surface area contributed by atoms with Crippen LogP contribution >= 0.6 is 0 Å². The standard InChI is InChI=1S/C12H24N2O3Si/c1-17-12(16)10-7-9(8-13-10)14-11(15)5-6-18(2,3)4/h9-10,13H,5-8H2,1-4H3,(H,14,15)/t9-,10+/m1/s1. The van der Waals surface area contributed by atoms with Crippen molar-refractivity contribution in [1.82, 2.24) is 10.6 Å². The number of ether oxygens (including phenoxy) is 1. The number of hydrogen-bond donors (Lipinski definition) is 2. The molecule has 104 valence electrons. The van der Waals surface area contributed by atoms with Gasteiger partial charge in [0.25, 0.3) is 0 Å². The van der Waals surface area contributed by atoms with Gasteiger partial charge in [-0.05, 0) is 12.5 Å². The summed E-state index contributed by atoms with van der Waals surface area (Å²) < 4.78 is 4.67.